The topological polar surface area (TPSA) is 70.0 Å². The number of halogens is 1. The Morgan fingerprint density at radius 2 is 2.00 bits per heavy atom. The van der Waals surface area contributed by atoms with Gasteiger partial charge < -0.3 is 5.11 Å². The molecule has 1 N–H and O–H groups in total. The van der Waals surface area contributed by atoms with Crippen LogP contribution < -0.4 is 0 Å². The third-order valence-electron chi connectivity index (χ3n) is 2.82. The number of hydrazone groups is 1. The first-order valence-corrected chi connectivity index (χ1v) is 5.92. The summed E-state index contributed by atoms with van der Waals surface area (Å²) in [6, 6.07) is 5.85. The van der Waals surface area contributed by atoms with Crippen LogP contribution in [0, 0.1) is 5.82 Å². The minimum atomic E-state index is -0.975. The molecule has 0 bridgehead atoms. The maximum Gasteiger partial charge on any atom is 0.305 e. The molecular weight excluding hydrogens is 251 g/mol. The first-order valence-electron chi connectivity index (χ1n) is 5.92. The lowest BCUT2D eigenvalue weighted by Crippen LogP contribution is -2.33. The molecule has 1 aromatic carbocycles. The fraction of sp³-hybridized carbons (Fsp3) is 0.308. The van der Waals surface area contributed by atoms with Crippen molar-refractivity contribution in [1.29, 1.82) is 0 Å². The van der Waals surface area contributed by atoms with Gasteiger partial charge in [-0.05, 0) is 17.7 Å². The van der Waals surface area contributed by atoms with Gasteiger partial charge in [0, 0.05) is 12.8 Å². The molecule has 0 aliphatic carbocycles. The first-order chi connectivity index (χ1) is 9.06. The summed E-state index contributed by atoms with van der Waals surface area (Å²) in [5.41, 5.74) is 1.42. The Kier molecular flexibility index (Phi) is 3.89. The van der Waals surface area contributed by atoms with E-state index in [1.54, 1.807) is 12.1 Å². The molecule has 1 aromatic rings. The summed E-state index contributed by atoms with van der Waals surface area (Å²) in [6.07, 6.45) is 0.621. The molecule has 19 heavy (non-hydrogen) atoms. The number of amides is 1. The lowest BCUT2D eigenvalue weighted by atomic mass is 10.0. The van der Waals surface area contributed by atoms with Crippen LogP contribution in [0.15, 0.2) is 29.4 Å². The molecule has 0 atom stereocenters. The van der Waals surface area contributed by atoms with Crippen LogP contribution in [0.4, 0.5) is 4.39 Å². The third kappa shape index (κ3) is 3.37. The minimum absolute atomic E-state index is 0.0544. The lowest BCUT2D eigenvalue weighted by molar-refractivity contribution is -0.138. The molecule has 1 amide bonds. The second-order valence-electron chi connectivity index (χ2n) is 4.21. The van der Waals surface area contributed by atoms with Crippen molar-refractivity contribution in [3.8, 4) is 0 Å². The first kappa shape index (κ1) is 13.2. The molecule has 0 aromatic heterocycles. The van der Waals surface area contributed by atoms with Crippen LogP contribution in [0.25, 0.3) is 0 Å². The van der Waals surface area contributed by atoms with Gasteiger partial charge in [-0.2, -0.15) is 5.10 Å². The smallest absolute Gasteiger partial charge is 0.305 e. The van der Waals surface area contributed by atoms with E-state index in [1.165, 1.54) is 17.1 Å². The Bertz CT molecular complexity index is 525. The summed E-state index contributed by atoms with van der Waals surface area (Å²) >= 11 is 0. The minimum Gasteiger partial charge on any atom is -0.481 e. The number of benzene rings is 1. The molecule has 2 rings (SSSR count). The fourth-order valence-corrected chi connectivity index (χ4v) is 1.83. The van der Waals surface area contributed by atoms with Crippen molar-refractivity contribution in [2.75, 3.05) is 6.54 Å². The number of rotatable bonds is 4. The van der Waals surface area contributed by atoms with E-state index in [2.05, 4.69) is 5.10 Å². The van der Waals surface area contributed by atoms with Crippen LogP contribution >= 0.6 is 0 Å². The highest BCUT2D eigenvalue weighted by atomic mass is 19.1. The molecule has 0 saturated carbocycles. The molecule has 1 aliphatic rings. The van der Waals surface area contributed by atoms with E-state index in [4.69, 9.17) is 5.11 Å². The Morgan fingerprint density at radius 3 is 2.63 bits per heavy atom. The number of carboxylic acid groups (broad SMARTS) is 1. The van der Waals surface area contributed by atoms with Crippen molar-refractivity contribution in [3.63, 3.8) is 0 Å². The number of nitrogens with zero attached hydrogens (tertiary/aromatic N) is 2. The molecule has 100 valence electrons. The van der Waals surface area contributed by atoms with E-state index >= 15 is 0 Å². The Balaban J connectivity index is 2.16. The Hall–Kier alpha value is -2.24. The van der Waals surface area contributed by atoms with E-state index in [-0.39, 0.29) is 31.1 Å². The molecule has 5 nitrogen and oxygen atoms in total. The maximum absolute atomic E-state index is 12.8. The Morgan fingerprint density at radius 1 is 1.32 bits per heavy atom. The molecule has 0 radical (unpaired) electrons. The molecule has 0 spiro atoms. The van der Waals surface area contributed by atoms with E-state index < -0.39 is 5.97 Å². The zero-order valence-electron chi connectivity index (χ0n) is 10.2. The molecule has 1 heterocycles. The molecule has 0 unspecified atom stereocenters. The summed E-state index contributed by atoms with van der Waals surface area (Å²) < 4.78 is 12.8. The van der Waals surface area contributed by atoms with E-state index in [9.17, 15) is 14.0 Å². The van der Waals surface area contributed by atoms with Crippen molar-refractivity contribution in [2.45, 2.75) is 19.3 Å². The van der Waals surface area contributed by atoms with Crippen LogP contribution in [0.2, 0.25) is 0 Å². The number of hydrogen-bond donors (Lipinski definition) is 1. The molecule has 1 aliphatic heterocycles. The average molecular weight is 264 g/mol. The third-order valence-corrected chi connectivity index (χ3v) is 2.82. The molecule has 6 heteroatoms. The SMILES string of the molecule is O=C(O)CCN1N=C(c2ccc(F)cc2)CCC1=O. The van der Waals surface area contributed by atoms with Gasteiger partial charge in [-0.25, -0.2) is 9.40 Å². The average Bonchev–Trinajstić information content (AvgIpc) is 2.39. The number of carboxylic acids is 1. The van der Waals surface area contributed by atoms with Crippen LogP contribution in [-0.2, 0) is 9.59 Å². The van der Waals surface area contributed by atoms with Gasteiger partial charge in [0.15, 0.2) is 0 Å². The molecular formula is C13H13FN2O3. The van der Waals surface area contributed by atoms with Crippen molar-refractivity contribution in [2.24, 2.45) is 5.10 Å². The zero-order chi connectivity index (χ0) is 13.8. The summed E-state index contributed by atoms with van der Waals surface area (Å²) in [5.74, 6) is -1.50. The quantitative estimate of drug-likeness (QED) is 0.898. The van der Waals surface area contributed by atoms with Crippen LogP contribution in [0.5, 0.6) is 0 Å². The highest BCUT2D eigenvalue weighted by Gasteiger charge is 2.21. The van der Waals surface area contributed by atoms with Gasteiger partial charge in [-0.3, -0.25) is 9.59 Å². The second-order valence-corrected chi connectivity index (χ2v) is 4.21. The number of hydrogen-bond acceptors (Lipinski definition) is 3. The number of carbonyl (C=O) groups is 2. The number of carbonyl (C=O) groups excluding carboxylic acids is 1. The highest BCUT2D eigenvalue weighted by molar-refractivity contribution is 6.04. The van der Waals surface area contributed by atoms with Crippen LogP contribution in [-0.4, -0.2) is 34.2 Å². The molecule has 0 saturated heterocycles. The Labute approximate surface area is 109 Å². The largest absolute Gasteiger partial charge is 0.481 e. The van der Waals surface area contributed by atoms with Gasteiger partial charge >= 0.3 is 5.97 Å². The lowest BCUT2D eigenvalue weighted by Gasteiger charge is -2.23. The van der Waals surface area contributed by atoms with Gasteiger partial charge in [0.25, 0.3) is 0 Å². The standard InChI is InChI=1S/C13H13FN2O3/c14-10-3-1-9(2-4-10)11-5-6-12(17)16(15-11)8-7-13(18)19/h1-4H,5-8H2,(H,18,19). The van der Waals surface area contributed by atoms with E-state index in [1.807, 2.05) is 0 Å². The van der Waals surface area contributed by atoms with Gasteiger partial charge in [-0.1, -0.05) is 12.1 Å². The highest BCUT2D eigenvalue weighted by Crippen LogP contribution is 2.16. The van der Waals surface area contributed by atoms with Gasteiger partial charge in [0.05, 0.1) is 18.7 Å². The van der Waals surface area contributed by atoms with Crippen LogP contribution in [0.1, 0.15) is 24.8 Å². The van der Waals surface area contributed by atoms with Crippen molar-refractivity contribution in [1.82, 2.24) is 5.01 Å². The van der Waals surface area contributed by atoms with Crippen molar-refractivity contribution >= 4 is 17.6 Å². The monoisotopic (exact) mass is 264 g/mol. The number of aliphatic carboxylic acids is 1. The summed E-state index contributed by atoms with van der Waals surface area (Å²) in [4.78, 5) is 22.1. The predicted octanol–water partition coefficient (Wildman–Crippen LogP) is 1.63. The summed E-state index contributed by atoms with van der Waals surface area (Å²) in [6.45, 7) is 0.0544. The predicted molar refractivity (Wildman–Crippen MR) is 66.1 cm³/mol. The summed E-state index contributed by atoms with van der Waals surface area (Å²) in [7, 11) is 0. The van der Waals surface area contributed by atoms with Gasteiger partial charge in [0.2, 0.25) is 5.91 Å². The second kappa shape index (κ2) is 5.60. The molecule has 0 fully saturated rings. The normalized spacial score (nSPS) is 15.3. The maximum atomic E-state index is 12.8. The zero-order valence-corrected chi connectivity index (χ0v) is 10.2. The van der Waals surface area contributed by atoms with Gasteiger partial charge in [0.1, 0.15) is 5.82 Å². The van der Waals surface area contributed by atoms with Crippen molar-refractivity contribution < 1.29 is 19.1 Å². The van der Waals surface area contributed by atoms with Crippen LogP contribution in [0.3, 0.4) is 0 Å². The van der Waals surface area contributed by atoms with E-state index in [0.717, 1.165) is 5.56 Å². The van der Waals surface area contributed by atoms with Crippen molar-refractivity contribution in [3.05, 3.63) is 35.6 Å². The summed E-state index contributed by atoms with van der Waals surface area (Å²) in [5, 5.41) is 13.9. The van der Waals surface area contributed by atoms with Gasteiger partial charge in [-0.15, -0.1) is 0 Å². The fourth-order valence-electron chi connectivity index (χ4n) is 1.83. The van der Waals surface area contributed by atoms with E-state index in [0.29, 0.717) is 12.1 Å².